The van der Waals surface area contributed by atoms with E-state index in [1.807, 2.05) is 18.2 Å². The van der Waals surface area contributed by atoms with Gasteiger partial charge >= 0.3 is 5.97 Å². The number of anilines is 1. The van der Waals surface area contributed by atoms with E-state index in [2.05, 4.69) is 4.98 Å². The maximum atomic E-state index is 10.8. The SMILES string of the molecule is Nc1cc(-c2ccccn2)ccc1C(=O)O. The van der Waals surface area contributed by atoms with Crippen molar-refractivity contribution < 1.29 is 9.90 Å². The van der Waals surface area contributed by atoms with Crippen molar-refractivity contribution in [2.45, 2.75) is 0 Å². The Balaban J connectivity index is 2.46. The van der Waals surface area contributed by atoms with Gasteiger partial charge in [0.25, 0.3) is 0 Å². The van der Waals surface area contributed by atoms with Crippen molar-refractivity contribution in [3.05, 3.63) is 48.2 Å². The van der Waals surface area contributed by atoms with Gasteiger partial charge in [-0.15, -0.1) is 0 Å². The van der Waals surface area contributed by atoms with Crippen molar-refractivity contribution in [3.8, 4) is 11.3 Å². The number of rotatable bonds is 2. The van der Waals surface area contributed by atoms with Gasteiger partial charge < -0.3 is 10.8 Å². The van der Waals surface area contributed by atoms with E-state index in [0.717, 1.165) is 11.3 Å². The zero-order valence-corrected chi connectivity index (χ0v) is 8.42. The van der Waals surface area contributed by atoms with Crippen molar-refractivity contribution in [1.29, 1.82) is 0 Å². The summed E-state index contributed by atoms with van der Waals surface area (Å²) in [5.41, 5.74) is 7.59. The third-order valence-corrected chi connectivity index (χ3v) is 2.24. The molecule has 0 aliphatic rings. The van der Waals surface area contributed by atoms with Crippen molar-refractivity contribution in [2.75, 3.05) is 5.73 Å². The molecule has 80 valence electrons. The Hall–Kier alpha value is -2.36. The molecule has 16 heavy (non-hydrogen) atoms. The topological polar surface area (TPSA) is 76.2 Å². The molecule has 0 spiro atoms. The molecule has 2 aromatic rings. The van der Waals surface area contributed by atoms with Crippen molar-refractivity contribution >= 4 is 11.7 Å². The molecule has 2 rings (SSSR count). The van der Waals surface area contributed by atoms with Gasteiger partial charge in [0.15, 0.2) is 0 Å². The van der Waals surface area contributed by atoms with Gasteiger partial charge in [-0.1, -0.05) is 12.1 Å². The summed E-state index contributed by atoms with van der Waals surface area (Å²) in [6, 6.07) is 10.3. The second-order valence-electron chi connectivity index (χ2n) is 3.32. The molecule has 3 N–H and O–H groups in total. The maximum absolute atomic E-state index is 10.8. The number of carboxylic acid groups (broad SMARTS) is 1. The summed E-state index contributed by atoms with van der Waals surface area (Å²) < 4.78 is 0. The molecule has 0 bridgehead atoms. The molecule has 0 aliphatic carbocycles. The number of nitrogens with two attached hydrogens (primary N) is 1. The molecule has 0 unspecified atom stereocenters. The van der Waals surface area contributed by atoms with Crippen LogP contribution in [0.5, 0.6) is 0 Å². The van der Waals surface area contributed by atoms with Gasteiger partial charge in [-0.25, -0.2) is 4.79 Å². The first-order valence-corrected chi connectivity index (χ1v) is 4.72. The normalized spacial score (nSPS) is 10.0. The van der Waals surface area contributed by atoms with Crippen LogP contribution in [0.4, 0.5) is 5.69 Å². The maximum Gasteiger partial charge on any atom is 0.337 e. The molecular weight excluding hydrogens is 204 g/mol. The Labute approximate surface area is 92.4 Å². The summed E-state index contributed by atoms with van der Waals surface area (Å²) in [5.74, 6) is -1.02. The largest absolute Gasteiger partial charge is 0.478 e. The fourth-order valence-corrected chi connectivity index (χ4v) is 1.45. The monoisotopic (exact) mass is 214 g/mol. The molecule has 1 aromatic carbocycles. The predicted octanol–water partition coefficient (Wildman–Crippen LogP) is 2.03. The van der Waals surface area contributed by atoms with E-state index in [9.17, 15) is 4.79 Å². The van der Waals surface area contributed by atoms with Crippen LogP contribution in [0.2, 0.25) is 0 Å². The molecular formula is C12H10N2O2. The minimum absolute atomic E-state index is 0.111. The lowest BCUT2D eigenvalue weighted by Gasteiger charge is -2.04. The first-order chi connectivity index (χ1) is 7.68. The number of nitrogens with zero attached hydrogens (tertiary/aromatic N) is 1. The quantitative estimate of drug-likeness (QED) is 0.750. The molecule has 0 fully saturated rings. The van der Waals surface area contributed by atoms with E-state index < -0.39 is 5.97 Å². The van der Waals surface area contributed by atoms with Gasteiger partial charge in [-0.05, 0) is 24.3 Å². The number of aromatic nitrogens is 1. The fraction of sp³-hybridized carbons (Fsp3) is 0. The summed E-state index contributed by atoms with van der Waals surface area (Å²) in [6.07, 6.45) is 1.68. The van der Waals surface area contributed by atoms with Gasteiger partial charge in [-0.2, -0.15) is 0 Å². The third kappa shape index (κ3) is 1.86. The van der Waals surface area contributed by atoms with Crippen LogP contribution in [-0.2, 0) is 0 Å². The van der Waals surface area contributed by atoms with Gasteiger partial charge in [0.05, 0.1) is 11.3 Å². The van der Waals surface area contributed by atoms with Crippen molar-refractivity contribution in [3.63, 3.8) is 0 Å². The average molecular weight is 214 g/mol. The van der Waals surface area contributed by atoms with Gasteiger partial charge in [-0.3, -0.25) is 4.98 Å². The van der Waals surface area contributed by atoms with E-state index in [1.54, 1.807) is 18.3 Å². The molecule has 0 saturated heterocycles. The van der Waals surface area contributed by atoms with Crippen LogP contribution < -0.4 is 5.73 Å². The van der Waals surface area contributed by atoms with Crippen LogP contribution in [0, 0.1) is 0 Å². The van der Waals surface area contributed by atoms with Crippen LogP contribution in [-0.4, -0.2) is 16.1 Å². The minimum Gasteiger partial charge on any atom is -0.478 e. The highest BCUT2D eigenvalue weighted by Crippen LogP contribution is 2.22. The number of carboxylic acids is 1. The molecule has 1 aromatic heterocycles. The number of hydrogen-bond donors (Lipinski definition) is 2. The lowest BCUT2D eigenvalue weighted by Crippen LogP contribution is -2.02. The summed E-state index contributed by atoms with van der Waals surface area (Å²) in [6.45, 7) is 0. The Morgan fingerprint density at radius 2 is 2.06 bits per heavy atom. The number of nitrogen functional groups attached to an aromatic ring is 1. The highest BCUT2D eigenvalue weighted by atomic mass is 16.4. The van der Waals surface area contributed by atoms with E-state index in [1.165, 1.54) is 6.07 Å². The first kappa shape index (κ1) is 10.2. The fourth-order valence-electron chi connectivity index (χ4n) is 1.45. The molecule has 0 atom stereocenters. The number of benzene rings is 1. The Morgan fingerprint density at radius 3 is 2.62 bits per heavy atom. The summed E-state index contributed by atoms with van der Waals surface area (Å²) in [5, 5.41) is 8.83. The number of carbonyl (C=O) groups is 1. The molecule has 0 radical (unpaired) electrons. The van der Waals surface area contributed by atoms with Crippen LogP contribution in [0.25, 0.3) is 11.3 Å². The number of pyridine rings is 1. The molecule has 0 amide bonds. The summed E-state index contributed by atoms with van der Waals surface area (Å²) >= 11 is 0. The average Bonchev–Trinajstić information content (AvgIpc) is 2.29. The zero-order chi connectivity index (χ0) is 11.5. The van der Waals surface area contributed by atoms with E-state index in [4.69, 9.17) is 10.8 Å². The third-order valence-electron chi connectivity index (χ3n) is 2.24. The molecule has 0 saturated carbocycles. The van der Waals surface area contributed by atoms with Gasteiger partial charge in [0.1, 0.15) is 0 Å². The van der Waals surface area contributed by atoms with Crippen molar-refractivity contribution in [2.24, 2.45) is 0 Å². The first-order valence-electron chi connectivity index (χ1n) is 4.72. The smallest absolute Gasteiger partial charge is 0.337 e. The van der Waals surface area contributed by atoms with E-state index in [0.29, 0.717) is 0 Å². The second-order valence-corrected chi connectivity index (χ2v) is 3.32. The van der Waals surface area contributed by atoms with Gasteiger partial charge in [0.2, 0.25) is 0 Å². The van der Waals surface area contributed by atoms with Gasteiger partial charge in [0, 0.05) is 17.4 Å². The highest BCUT2D eigenvalue weighted by Gasteiger charge is 2.08. The Morgan fingerprint density at radius 1 is 1.25 bits per heavy atom. The molecule has 4 heteroatoms. The Bertz CT molecular complexity index is 524. The second kappa shape index (κ2) is 4.02. The van der Waals surface area contributed by atoms with Crippen LogP contribution in [0.1, 0.15) is 10.4 Å². The van der Waals surface area contributed by atoms with E-state index >= 15 is 0 Å². The van der Waals surface area contributed by atoms with Crippen LogP contribution in [0.3, 0.4) is 0 Å². The number of aromatic carboxylic acids is 1. The predicted molar refractivity (Wildman–Crippen MR) is 61.0 cm³/mol. The number of hydrogen-bond acceptors (Lipinski definition) is 3. The highest BCUT2D eigenvalue weighted by molar-refractivity contribution is 5.94. The lowest BCUT2D eigenvalue weighted by atomic mass is 10.1. The summed E-state index contributed by atoms with van der Waals surface area (Å²) in [7, 11) is 0. The van der Waals surface area contributed by atoms with Crippen LogP contribution >= 0.6 is 0 Å². The Kier molecular flexibility index (Phi) is 2.55. The molecule has 4 nitrogen and oxygen atoms in total. The van der Waals surface area contributed by atoms with Crippen molar-refractivity contribution in [1.82, 2.24) is 4.98 Å². The van der Waals surface area contributed by atoms with Crippen LogP contribution in [0.15, 0.2) is 42.6 Å². The molecule has 1 heterocycles. The lowest BCUT2D eigenvalue weighted by molar-refractivity contribution is 0.0698. The zero-order valence-electron chi connectivity index (χ0n) is 8.42. The van der Waals surface area contributed by atoms with E-state index in [-0.39, 0.29) is 11.3 Å². The standard InChI is InChI=1S/C12H10N2O2/c13-10-7-8(4-5-9(10)12(15)16)11-3-1-2-6-14-11/h1-7H,13H2,(H,15,16). The summed E-state index contributed by atoms with van der Waals surface area (Å²) in [4.78, 5) is 14.9. The minimum atomic E-state index is -1.02. The molecule has 0 aliphatic heterocycles.